The van der Waals surface area contributed by atoms with Crippen molar-refractivity contribution in [2.75, 3.05) is 0 Å². The van der Waals surface area contributed by atoms with Crippen LogP contribution in [0.15, 0.2) is 0 Å². The fourth-order valence-corrected chi connectivity index (χ4v) is 7.45. The van der Waals surface area contributed by atoms with Gasteiger partial charge in [0.25, 0.3) is 0 Å². The maximum atomic E-state index is 11.6. The summed E-state index contributed by atoms with van der Waals surface area (Å²) < 4.78 is 110. The van der Waals surface area contributed by atoms with Crippen LogP contribution in [0.5, 0.6) is 0 Å². The third kappa shape index (κ3) is 3.51. The molecule has 13 heteroatoms. The highest BCUT2D eigenvalue weighted by Gasteiger charge is 2.57. The second-order valence-corrected chi connectivity index (χ2v) is 11.4. The molecule has 0 unspecified atom stereocenters. The summed E-state index contributed by atoms with van der Waals surface area (Å²) >= 11 is -3.88. The molecule has 89 valence electrons. The first-order valence-electron chi connectivity index (χ1n) is 2.68. The molecule has 0 aromatic carbocycles. The first-order chi connectivity index (χ1) is 6.21. The molecule has 0 bridgehead atoms. The quantitative estimate of drug-likeness (QED) is 0.545. The van der Waals surface area contributed by atoms with Crippen LogP contribution in [0.4, 0.5) is 26.3 Å². The highest BCUT2D eigenvalue weighted by Crippen LogP contribution is 2.29. The number of hydrogen-bond acceptors (Lipinski definition) is 4. The van der Waals surface area contributed by atoms with E-state index in [1.54, 1.807) is 0 Å². The first-order valence-corrected chi connectivity index (χ1v) is 8.60. The van der Waals surface area contributed by atoms with Crippen molar-refractivity contribution in [3.63, 3.8) is 0 Å². The minimum atomic E-state index is -6.26. The zero-order valence-corrected chi connectivity index (χ0v) is 9.08. The van der Waals surface area contributed by atoms with Crippen LogP contribution in [-0.2, 0) is 16.4 Å². The fourth-order valence-electron chi connectivity index (χ4n) is 0.276. The van der Waals surface area contributed by atoms with Crippen molar-refractivity contribution >= 4 is 29.4 Å². The van der Waals surface area contributed by atoms with Crippen molar-refractivity contribution in [1.29, 1.82) is 0 Å². The lowest BCUT2D eigenvalue weighted by Gasteiger charge is -2.09. The van der Waals surface area contributed by atoms with Gasteiger partial charge in [-0.3, -0.25) is 0 Å². The molecule has 0 aliphatic heterocycles. The van der Waals surface area contributed by atoms with E-state index in [0.29, 0.717) is 0 Å². The van der Waals surface area contributed by atoms with Gasteiger partial charge in [-0.05, 0) is 0 Å². The van der Waals surface area contributed by atoms with Crippen LogP contribution in [-0.4, -0.2) is 40.8 Å². The Hall–Kier alpha value is 0.0125. The van der Waals surface area contributed by atoms with Gasteiger partial charge in [-0.2, -0.15) is 26.3 Å². The lowest BCUT2D eigenvalue weighted by atomic mass is 11.6. The molecule has 15 heavy (non-hydrogen) atoms. The van der Waals surface area contributed by atoms with Crippen LogP contribution >= 0.6 is 0 Å². The number of hydrogen-bond donors (Lipinski definition) is 0. The zero-order valence-electron chi connectivity index (χ0n) is 6.29. The molecular formula is C2AlF6O4S2. The lowest BCUT2D eigenvalue weighted by Crippen LogP contribution is -2.38. The predicted octanol–water partition coefficient (Wildman–Crippen LogP) is 0.390. The summed E-state index contributed by atoms with van der Waals surface area (Å²) in [6, 6.07) is 0. The maximum absolute atomic E-state index is 11.6. The number of rotatable bonds is 2. The van der Waals surface area contributed by atoms with Crippen LogP contribution in [0, 0.1) is 0 Å². The van der Waals surface area contributed by atoms with Gasteiger partial charge in [0, 0.05) is 0 Å². The van der Waals surface area contributed by atoms with Gasteiger partial charge in [0.15, 0.2) is 16.4 Å². The second kappa shape index (κ2) is 3.79. The Bertz CT molecular complexity index is 385. The van der Waals surface area contributed by atoms with Gasteiger partial charge in [-0.1, -0.05) is 0 Å². The van der Waals surface area contributed by atoms with Crippen LogP contribution in [0.3, 0.4) is 0 Å². The monoisotopic (exact) mass is 293 g/mol. The molecule has 0 saturated carbocycles. The molecule has 0 N–H and O–H groups in total. The fraction of sp³-hybridized carbons (Fsp3) is 1.00. The SMILES string of the molecule is O=[S](=O)([Al][S](=O)(=O)C(F)(F)F)C(F)(F)F. The van der Waals surface area contributed by atoms with Crippen LogP contribution in [0.1, 0.15) is 0 Å². The molecule has 4 nitrogen and oxygen atoms in total. The number of halogens is 6. The van der Waals surface area contributed by atoms with Crippen molar-refractivity contribution in [3.05, 3.63) is 0 Å². The van der Waals surface area contributed by atoms with Crippen molar-refractivity contribution in [1.82, 2.24) is 0 Å². The van der Waals surface area contributed by atoms with Crippen molar-refractivity contribution in [3.8, 4) is 0 Å². The molecule has 0 amide bonds. The first kappa shape index (κ1) is 15.0. The molecule has 1 radical (unpaired) electrons. The predicted molar refractivity (Wildman–Crippen MR) is 35.7 cm³/mol. The summed E-state index contributed by atoms with van der Waals surface area (Å²) in [6.07, 6.45) is 0. The number of alkyl halides is 6. The summed E-state index contributed by atoms with van der Waals surface area (Å²) in [6.45, 7) is 0. The van der Waals surface area contributed by atoms with Crippen molar-refractivity contribution < 1.29 is 43.2 Å². The van der Waals surface area contributed by atoms with E-state index < -0.39 is 40.4 Å². The highest BCUT2D eigenvalue weighted by atomic mass is 32.5. The van der Waals surface area contributed by atoms with E-state index in [1.165, 1.54) is 0 Å². The van der Waals surface area contributed by atoms with Crippen molar-refractivity contribution in [2.24, 2.45) is 0 Å². The van der Waals surface area contributed by atoms with Crippen LogP contribution in [0.25, 0.3) is 0 Å². The third-order valence-electron chi connectivity index (χ3n) is 0.899. The second-order valence-electron chi connectivity index (χ2n) is 2.08. The summed E-state index contributed by atoms with van der Waals surface area (Å²) in [5, 5.41) is 0. The molecule has 0 aromatic heterocycles. The Morgan fingerprint density at radius 3 is 1.00 bits per heavy atom. The Labute approximate surface area is 83.9 Å². The topological polar surface area (TPSA) is 68.3 Å². The maximum Gasteiger partial charge on any atom is 0.636 e. The normalized spacial score (nSPS) is 15.1. The van der Waals surface area contributed by atoms with Gasteiger partial charge >= 0.3 is 24.0 Å². The van der Waals surface area contributed by atoms with Gasteiger partial charge < -0.3 is 0 Å². The molecule has 0 aromatic rings. The summed E-state index contributed by atoms with van der Waals surface area (Å²) in [5.41, 5.74) is -12.0. The highest BCUT2D eigenvalue weighted by molar-refractivity contribution is 8.43. The van der Waals surface area contributed by atoms with E-state index >= 15 is 0 Å². The minimum Gasteiger partial charge on any atom is -0.243 e. The Morgan fingerprint density at radius 2 is 0.867 bits per heavy atom. The molecule has 0 saturated heterocycles. The summed E-state index contributed by atoms with van der Waals surface area (Å²) in [5.74, 6) is 0. The molecule has 0 aliphatic carbocycles. The summed E-state index contributed by atoms with van der Waals surface area (Å²) in [7, 11) is -12.5. The molecule has 0 atom stereocenters. The van der Waals surface area contributed by atoms with E-state index in [4.69, 9.17) is 0 Å². The zero-order chi connectivity index (χ0) is 12.7. The molecule has 0 heterocycles. The van der Waals surface area contributed by atoms with Crippen molar-refractivity contribution in [2.45, 2.75) is 11.0 Å². The van der Waals surface area contributed by atoms with E-state index in [2.05, 4.69) is 0 Å². The Balaban J connectivity index is 5.28. The van der Waals surface area contributed by atoms with Gasteiger partial charge in [-0.25, -0.2) is 16.8 Å². The van der Waals surface area contributed by atoms with Gasteiger partial charge in [0.05, 0.1) is 0 Å². The Morgan fingerprint density at radius 1 is 0.667 bits per heavy atom. The van der Waals surface area contributed by atoms with Crippen LogP contribution in [0.2, 0.25) is 0 Å². The molecule has 0 aliphatic rings. The van der Waals surface area contributed by atoms with E-state index in [-0.39, 0.29) is 0 Å². The standard InChI is InChI=1S/2CF3O2S.Al/c2*2-1(3,4)7(5)6;. The molecule has 0 rings (SSSR count). The lowest BCUT2D eigenvalue weighted by molar-refractivity contribution is -0.0421. The molecule has 0 fully saturated rings. The minimum absolute atomic E-state index is 3.88. The van der Waals surface area contributed by atoms with Gasteiger partial charge in [-0.15, -0.1) is 0 Å². The average molecular weight is 293 g/mol. The third-order valence-corrected chi connectivity index (χ3v) is 10.4. The molecular weight excluding hydrogens is 293 g/mol. The average Bonchev–Trinajstić information content (AvgIpc) is 1.77. The van der Waals surface area contributed by atoms with E-state index in [0.717, 1.165) is 0 Å². The molecule has 0 spiro atoms. The van der Waals surface area contributed by atoms with E-state index in [9.17, 15) is 43.2 Å². The summed E-state index contributed by atoms with van der Waals surface area (Å²) in [4.78, 5) is 0. The van der Waals surface area contributed by atoms with E-state index in [1.807, 2.05) is 0 Å². The van der Waals surface area contributed by atoms with Crippen LogP contribution < -0.4 is 0 Å². The smallest absolute Gasteiger partial charge is 0.243 e. The van der Waals surface area contributed by atoms with Gasteiger partial charge in [0.2, 0.25) is 0 Å². The largest absolute Gasteiger partial charge is 0.636 e. The van der Waals surface area contributed by atoms with Gasteiger partial charge in [0.1, 0.15) is 0 Å². The Kier molecular flexibility index (Phi) is 3.80.